The van der Waals surface area contributed by atoms with Crippen LogP contribution in [0.5, 0.6) is 0 Å². The van der Waals surface area contributed by atoms with E-state index in [0.717, 1.165) is 128 Å². The lowest BCUT2D eigenvalue weighted by Gasteiger charge is -2.27. The second-order valence-corrected chi connectivity index (χ2v) is 22.6. The van der Waals surface area contributed by atoms with Crippen LogP contribution in [0, 0.1) is 0 Å². The third-order valence-electron chi connectivity index (χ3n) is 12.8. The number of amides is 1. The average Bonchev–Trinajstić information content (AvgIpc) is 3.35. The van der Waals surface area contributed by atoms with E-state index in [1.165, 1.54) is 89.9 Å². The molecular weight excluding hydrogens is 928 g/mol. The molecule has 1 amide bonds. The van der Waals surface area contributed by atoms with Crippen LogP contribution in [0.3, 0.4) is 0 Å². The van der Waals surface area contributed by atoms with Gasteiger partial charge in [0.15, 0.2) is 0 Å². The van der Waals surface area contributed by atoms with Crippen molar-refractivity contribution < 1.29 is 37.3 Å². The largest absolute Gasteiger partial charge is 0.472 e. The monoisotopic (exact) mass is 1040 g/mol. The van der Waals surface area contributed by atoms with E-state index in [4.69, 9.17) is 13.8 Å². The Hall–Kier alpha value is -2.81. The highest BCUT2D eigenvalue weighted by molar-refractivity contribution is 7.47. The Morgan fingerprint density at radius 3 is 1.37 bits per heavy atom. The number of hydrogen-bond donors (Lipinski definition) is 2. The zero-order chi connectivity index (χ0) is 53.6. The van der Waals surface area contributed by atoms with Gasteiger partial charge in [0.25, 0.3) is 0 Å². The van der Waals surface area contributed by atoms with Crippen LogP contribution in [-0.2, 0) is 27.9 Å². The number of carbonyl (C=O) groups is 2. The van der Waals surface area contributed by atoms with E-state index in [0.29, 0.717) is 17.4 Å². The Kier molecular flexibility index (Phi) is 50.6. The van der Waals surface area contributed by atoms with Gasteiger partial charge in [0.2, 0.25) is 5.91 Å². The molecule has 0 spiro atoms. The highest BCUT2D eigenvalue weighted by Crippen LogP contribution is 2.43. The number of allylic oxidation sites excluding steroid dienone is 13. The van der Waals surface area contributed by atoms with Gasteiger partial charge in [0, 0.05) is 12.8 Å². The summed E-state index contributed by atoms with van der Waals surface area (Å²) in [5, 5.41) is 3.04. The summed E-state index contributed by atoms with van der Waals surface area (Å²) in [6.07, 6.45) is 68.6. The molecule has 0 radical (unpaired) electrons. The Bertz CT molecular complexity index is 1530. The Morgan fingerprint density at radius 1 is 0.493 bits per heavy atom. The number of phosphoric ester groups is 1. The quantitative estimate of drug-likeness (QED) is 0.0205. The van der Waals surface area contributed by atoms with Crippen LogP contribution in [0.15, 0.2) is 85.1 Å². The first-order chi connectivity index (χ1) is 35.4. The summed E-state index contributed by atoms with van der Waals surface area (Å²) >= 11 is 0. The molecule has 10 heteroatoms. The van der Waals surface area contributed by atoms with E-state index in [1.807, 2.05) is 33.3 Å². The van der Waals surface area contributed by atoms with Gasteiger partial charge in [-0.3, -0.25) is 18.6 Å². The average molecular weight is 1040 g/mol. The lowest BCUT2D eigenvalue weighted by Crippen LogP contribution is -2.47. The van der Waals surface area contributed by atoms with Gasteiger partial charge in [-0.05, 0) is 96.0 Å². The van der Waals surface area contributed by atoms with E-state index in [-0.39, 0.29) is 31.5 Å². The van der Waals surface area contributed by atoms with Crippen molar-refractivity contribution in [3.63, 3.8) is 0 Å². The first kappa shape index (κ1) is 70.2. The predicted molar refractivity (Wildman–Crippen MR) is 314 cm³/mol. The molecule has 0 aliphatic carbocycles. The molecule has 422 valence electrons. The molecule has 0 aromatic heterocycles. The lowest BCUT2D eigenvalue weighted by molar-refractivity contribution is -0.870. The highest BCUT2D eigenvalue weighted by Gasteiger charge is 2.30. The molecule has 0 fully saturated rings. The van der Waals surface area contributed by atoms with Crippen LogP contribution < -0.4 is 5.32 Å². The third kappa shape index (κ3) is 53.8. The number of carbonyl (C=O) groups excluding carboxylic acids is 2. The number of esters is 1. The van der Waals surface area contributed by atoms with Crippen molar-refractivity contribution in [2.24, 2.45) is 0 Å². The van der Waals surface area contributed by atoms with Crippen molar-refractivity contribution in [2.45, 2.75) is 264 Å². The van der Waals surface area contributed by atoms with E-state index in [2.05, 4.69) is 99.0 Å². The molecule has 3 atom stereocenters. The summed E-state index contributed by atoms with van der Waals surface area (Å²) in [5.41, 5.74) is 0. The van der Waals surface area contributed by atoms with Crippen LogP contribution in [0.1, 0.15) is 252 Å². The maximum absolute atomic E-state index is 13.5. The minimum absolute atomic E-state index is 0.0333. The van der Waals surface area contributed by atoms with Crippen molar-refractivity contribution in [1.29, 1.82) is 0 Å². The maximum atomic E-state index is 13.5. The molecule has 2 N–H and O–H groups in total. The summed E-state index contributed by atoms with van der Waals surface area (Å²) in [4.78, 5) is 37.6. The summed E-state index contributed by atoms with van der Waals surface area (Å²) < 4.78 is 30.6. The van der Waals surface area contributed by atoms with Gasteiger partial charge in [0.05, 0.1) is 33.8 Å². The van der Waals surface area contributed by atoms with Crippen LogP contribution in [0.4, 0.5) is 0 Å². The maximum Gasteiger partial charge on any atom is 0.472 e. The topological polar surface area (TPSA) is 111 Å². The van der Waals surface area contributed by atoms with Gasteiger partial charge in [-0.25, -0.2) is 4.57 Å². The zero-order valence-corrected chi connectivity index (χ0v) is 49.0. The minimum atomic E-state index is -4.45. The van der Waals surface area contributed by atoms with Gasteiger partial charge < -0.3 is 19.4 Å². The zero-order valence-electron chi connectivity index (χ0n) is 48.1. The van der Waals surface area contributed by atoms with Gasteiger partial charge >= 0.3 is 13.8 Å². The van der Waals surface area contributed by atoms with Crippen molar-refractivity contribution in [3.05, 3.63) is 85.1 Å². The normalized spacial score (nSPS) is 14.3. The van der Waals surface area contributed by atoms with E-state index in [9.17, 15) is 19.0 Å². The molecule has 0 bridgehead atoms. The van der Waals surface area contributed by atoms with E-state index < -0.39 is 20.0 Å². The fourth-order valence-corrected chi connectivity index (χ4v) is 8.92. The van der Waals surface area contributed by atoms with Gasteiger partial charge in [0.1, 0.15) is 19.3 Å². The molecule has 0 heterocycles. The molecule has 0 aromatic rings. The van der Waals surface area contributed by atoms with Crippen LogP contribution in [0.25, 0.3) is 0 Å². The van der Waals surface area contributed by atoms with Gasteiger partial charge in [-0.15, -0.1) is 0 Å². The van der Waals surface area contributed by atoms with E-state index >= 15 is 0 Å². The summed E-state index contributed by atoms with van der Waals surface area (Å²) in [6.45, 7) is 6.84. The van der Waals surface area contributed by atoms with Gasteiger partial charge in [-0.2, -0.15) is 0 Å². The second-order valence-electron chi connectivity index (χ2n) is 21.1. The molecule has 0 saturated carbocycles. The second kappa shape index (κ2) is 52.6. The lowest BCUT2D eigenvalue weighted by atomic mass is 10.0. The van der Waals surface area contributed by atoms with Crippen molar-refractivity contribution in [1.82, 2.24) is 5.32 Å². The van der Waals surface area contributed by atoms with Crippen molar-refractivity contribution >= 4 is 19.7 Å². The van der Waals surface area contributed by atoms with E-state index in [1.54, 1.807) is 0 Å². The SMILES string of the molecule is CC/C=C\C/C=C\C/C=C\C/C=C\C/C=C\CCCCCCCCCC(=O)NC(COP(=O)(O)OCC[N+](C)(C)C)C(/C=C/CCCCCCCCCCCCC)OC(=O)CCCCCCC/C=C\CCCC. The Morgan fingerprint density at radius 2 is 0.890 bits per heavy atom. The molecule has 0 aliphatic heterocycles. The molecule has 9 nitrogen and oxygen atoms in total. The molecule has 73 heavy (non-hydrogen) atoms. The van der Waals surface area contributed by atoms with Crippen LogP contribution in [0.2, 0.25) is 0 Å². The number of nitrogens with zero attached hydrogens (tertiary/aromatic N) is 1. The number of nitrogens with one attached hydrogen (secondary N) is 1. The number of ether oxygens (including phenoxy) is 1. The summed E-state index contributed by atoms with van der Waals surface area (Å²) in [5.74, 6) is -0.531. The summed E-state index contributed by atoms with van der Waals surface area (Å²) in [7, 11) is 1.47. The van der Waals surface area contributed by atoms with Crippen LogP contribution >= 0.6 is 7.82 Å². The third-order valence-corrected chi connectivity index (χ3v) is 13.8. The summed E-state index contributed by atoms with van der Waals surface area (Å²) in [6, 6.07) is -0.860. The number of rotatable bonds is 53. The molecule has 0 aromatic carbocycles. The molecule has 0 aliphatic rings. The number of hydrogen-bond acceptors (Lipinski definition) is 6. The predicted octanol–water partition coefficient (Wildman–Crippen LogP) is 18.2. The fraction of sp³-hybridized carbons (Fsp3) is 0.746. The minimum Gasteiger partial charge on any atom is -0.456 e. The molecule has 0 saturated heterocycles. The fourth-order valence-electron chi connectivity index (χ4n) is 8.18. The van der Waals surface area contributed by atoms with Crippen molar-refractivity contribution in [3.8, 4) is 0 Å². The number of phosphoric acid groups is 1. The standard InChI is InChI=1S/C63H113N2O7P/c1-7-10-13-16-19-22-25-27-28-29-30-31-32-33-34-35-36-38-41-43-46-49-52-55-62(66)64-60(59-71-73(68,69)70-58-57-65(4,5)6)61(54-51-48-45-42-40-37-26-23-20-17-14-11-8-2)72-63(67)56-53-50-47-44-39-24-21-18-15-12-9-3/h10,13,18-19,21-22,27-28,30-31,33-34,51,54,60-61H,7-9,11-12,14-17,20,23-26,29,32,35-50,52-53,55-59H2,1-6H3,(H-,64,66,68,69)/p+1/b13-10-,21-18-,22-19-,28-27-,31-30-,34-33-,54-51+. The number of quaternary nitrogens is 1. The highest BCUT2D eigenvalue weighted by atomic mass is 31.2. The smallest absolute Gasteiger partial charge is 0.456 e. The number of unbranched alkanes of at least 4 members (excludes halogenated alkanes) is 25. The van der Waals surface area contributed by atoms with Crippen molar-refractivity contribution in [2.75, 3.05) is 40.9 Å². The molecule has 3 unspecified atom stereocenters. The number of likely N-dealkylation sites (N-methyl/N-ethyl adjacent to an activating group) is 1. The Labute approximate surface area is 450 Å². The molecular formula is C63H114N2O7P+. The van der Waals surface area contributed by atoms with Crippen LogP contribution in [-0.4, -0.2) is 74.3 Å². The van der Waals surface area contributed by atoms with Gasteiger partial charge in [-0.1, -0.05) is 228 Å². The first-order valence-electron chi connectivity index (χ1n) is 29.9. The Balaban J connectivity index is 5.24. The molecule has 0 rings (SSSR count). The first-order valence-corrected chi connectivity index (χ1v) is 31.4.